The maximum atomic E-state index is 13.9. The van der Waals surface area contributed by atoms with Crippen molar-refractivity contribution in [2.24, 2.45) is 0 Å². The topological polar surface area (TPSA) is 96.0 Å². The van der Waals surface area contributed by atoms with Gasteiger partial charge in [0.15, 0.2) is 0 Å². The predicted molar refractivity (Wildman–Crippen MR) is 149 cm³/mol. The van der Waals surface area contributed by atoms with Gasteiger partial charge in [-0.3, -0.25) is 13.9 Å². The van der Waals surface area contributed by atoms with Crippen molar-refractivity contribution in [2.75, 3.05) is 24.0 Å². The van der Waals surface area contributed by atoms with Gasteiger partial charge >= 0.3 is 0 Å². The van der Waals surface area contributed by atoms with E-state index < -0.39 is 40.2 Å². The Morgan fingerprint density at radius 3 is 2.26 bits per heavy atom. The highest BCUT2D eigenvalue weighted by atomic mass is 35.5. The van der Waals surface area contributed by atoms with Crippen molar-refractivity contribution in [3.63, 3.8) is 0 Å². The maximum Gasteiger partial charge on any atom is 0.264 e. The molecular weight excluding hydrogens is 545 g/mol. The first kappa shape index (κ1) is 29.9. The molecule has 11 heteroatoms. The van der Waals surface area contributed by atoms with E-state index in [-0.39, 0.29) is 29.5 Å². The summed E-state index contributed by atoms with van der Waals surface area (Å²) in [5.41, 5.74) is 0.734. The molecule has 3 aromatic carbocycles. The molecule has 0 spiro atoms. The minimum atomic E-state index is -4.28. The summed E-state index contributed by atoms with van der Waals surface area (Å²) >= 11 is 5.98. The molecule has 8 nitrogen and oxygen atoms in total. The fourth-order valence-corrected chi connectivity index (χ4v) is 5.43. The second kappa shape index (κ2) is 13.4. The van der Waals surface area contributed by atoms with Gasteiger partial charge in [0.05, 0.1) is 17.2 Å². The zero-order valence-corrected chi connectivity index (χ0v) is 23.5. The van der Waals surface area contributed by atoms with E-state index in [1.54, 1.807) is 45.0 Å². The summed E-state index contributed by atoms with van der Waals surface area (Å²) in [6.07, 6.45) is 0. The Balaban J connectivity index is 2.07. The molecular formula is C28H31ClFN3O5S. The van der Waals surface area contributed by atoms with Crippen LogP contribution in [0.3, 0.4) is 0 Å². The second-order valence-corrected chi connectivity index (χ2v) is 10.9. The van der Waals surface area contributed by atoms with E-state index in [2.05, 4.69) is 5.32 Å². The molecule has 1 N–H and O–H groups in total. The normalized spacial score (nSPS) is 11.9. The van der Waals surface area contributed by atoms with Crippen LogP contribution in [0.5, 0.6) is 5.75 Å². The summed E-state index contributed by atoms with van der Waals surface area (Å²) in [6.45, 7) is 5.02. The number of para-hydroxylation sites is 2. The summed E-state index contributed by atoms with van der Waals surface area (Å²) in [4.78, 5) is 27.8. The predicted octanol–water partition coefficient (Wildman–Crippen LogP) is 4.63. The molecule has 0 saturated heterocycles. The SMILES string of the molecule is CCNC(=O)[C@H](C)N(Cc1ccc(F)cc1)C(=O)CN(c1ccccc1OCC)S(=O)(=O)c1ccc(Cl)cc1. The first-order valence-electron chi connectivity index (χ1n) is 12.4. The minimum Gasteiger partial charge on any atom is -0.492 e. The van der Waals surface area contributed by atoms with Crippen LogP contribution in [0.25, 0.3) is 0 Å². The molecule has 3 aromatic rings. The molecule has 0 aliphatic rings. The Bertz CT molecular complexity index is 1390. The average Bonchev–Trinajstić information content (AvgIpc) is 2.92. The summed E-state index contributed by atoms with van der Waals surface area (Å²) in [7, 11) is -4.28. The Hall–Kier alpha value is -3.63. The molecule has 0 unspecified atom stereocenters. The number of amides is 2. The fourth-order valence-electron chi connectivity index (χ4n) is 3.88. The Morgan fingerprint density at radius 1 is 1.00 bits per heavy atom. The molecule has 0 aliphatic heterocycles. The highest BCUT2D eigenvalue weighted by Gasteiger charge is 2.33. The van der Waals surface area contributed by atoms with Gasteiger partial charge in [-0.25, -0.2) is 12.8 Å². The second-order valence-electron chi connectivity index (χ2n) is 8.58. The van der Waals surface area contributed by atoms with Crippen LogP contribution in [-0.4, -0.2) is 50.9 Å². The van der Waals surface area contributed by atoms with Crippen LogP contribution in [0, 0.1) is 5.82 Å². The first-order chi connectivity index (χ1) is 18.6. The molecule has 0 fully saturated rings. The van der Waals surface area contributed by atoms with Gasteiger partial charge in [-0.15, -0.1) is 0 Å². The van der Waals surface area contributed by atoms with Gasteiger partial charge in [0, 0.05) is 18.1 Å². The highest BCUT2D eigenvalue weighted by Crippen LogP contribution is 2.33. The van der Waals surface area contributed by atoms with Crippen LogP contribution in [0.2, 0.25) is 5.02 Å². The van der Waals surface area contributed by atoms with Crippen LogP contribution in [0.15, 0.2) is 77.7 Å². The number of anilines is 1. The van der Waals surface area contributed by atoms with Crippen molar-refractivity contribution in [3.8, 4) is 5.75 Å². The van der Waals surface area contributed by atoms with Gasteiger partial charge in [-0.05, 0) is 74.9 Å². The summed E-state index contributed by atoms with van der Waals surface area (Å²) in [6, 6.07) is 16.7. The number of carbonyl (C=O) groups excluding carboxylic acids is 2. The Kier molecular flexibility index (Phi) is 10.3. The van der Waals surface area contributed by atoms with Crippen molar-refractivity contribution in [1.29, 1.82) is 0 Å². The van der Waals surface area contributed by atoms with Crippen LogP contribution in [0.4, 0.5) is 10.1 Å². The third-order valence-electron chi connectivity index (χ3n) is 5.90. The number of halogens is 2. The number of nitrogens with one attached hydrogen (secondary N) is 1. The molecule has 0 aromatic heterocycles. The van der Waals surface area contributed by atoms with Crippen LogP contribution in [-0.2, 0) is 26.2 Å². The number of ether oxygens (including phenoxy) is 1. The Morgan fingerprint density at radius 2 is 1.64 bits per heavy atom. The van der Waals surface area contributed by atoms with Gasteiger partial charge < -0.3 is 15.0 Å². The van der Waals surface area contributed by atoms with E-state index >= 15 is 0 Å². The molecule has 39 heavy (non-hydrogen) atoms. The number of carbonyl (C=O) groups is 2. The summed E-state index contributed by atoms with van der Waals surface area (Å²) < 4.78 is 47.9. The molecule has 208 valence electrons. The molecule has 0 bridgehead atoms. The molecule has 0 radical (unpaired) electrons. The minimum absolute atomic E-state index is 0.0423. The van der Waals surface area contributed by atoms with Crippen LogP contribution < -0.4 is 14.4 Å². The number of hydrogen-bond donors (Lipinski definition) is 1. The maximum absolute atomic E-state index is 13.9. The van der Waals surface area contributed by atoms with E-state index in [4.69, 9.17) is 16.3 Å². The lowest BCUT2D eigenvalue weighted by Gasteiger charge is -2.32. The number of hydrogen-bond acceptors (Lipinski definition) is 5. The molecule has 2 amide bonds. The lowest BCUT2D eigenvalue weighted by molar-refractivity contribution is -0.139. The smallest absolute Gasteiger partial charge is 0.264 e. The van der Waals surface area contributed by atoms with Crippen molar-refractivity contribution in [1.82, 2.24) is 10.2 Å². The quantitative estimate of drug-likeness (QED) is 0.340. The van der Waals surface area contributed by atoms with E-state index in [1.165, 1.54) is 53.4 Å². The van der Waals surface area contributed by atoms with Crippen molar-refractivity contribution >= 4 is 39.1 Å². The number of nitrogens with zero attached hydrogens (tertiary/aromatic N) is 2. The lowest BCUT2D eigenvalue weighted by atomic mass is 10.1. The highest BCUT2D eigenvalue weighted by molar-refractivity contribution is 7.92. The number of likely N-dealkylation sites (N-methyl/N-ethyl adjacent to an activating group) is 1. The fraction of sp³-hybridized carbons (Fsp3) is 0.286. The monoisotopic (exact) mass is 575 g/mol. The van der Waals surface area contributed by atoms with Crippen molar-refractivity contribution in [2.45, 2.75) is 38.3 Å². The molecule has 0 aliphatic carbocycles. The molecule has 0 heterocycles. The van der Waals surface area contributed by atoms with Crippen LogP contribution in [0.1, 0.15) is 26.3 Å². The molecule has 1 atom stereocenters. The zero-order valence-electron chi connectivity index (χ0n) is 21.9. The van der Waals surface area contributed by atoms with E-state index in [1.807, 2.05) is 0 Å². The lowest BCUT2D eigenvalue weighted by Crippen LogP contribution is -2.51. The largest absolute Gasteiger partial charge is 0.492 e. The zero-order chi connectivity index (χ0) is 28.6. The standard InChI is InChI=1S/C28H31ClFN3O5S/c1-4-31-28(35)20(3)32(18-21-10-14-23(30)15-11-21)27(34)19-33(25-8-6-7-9-26(25)38-5-2)39(36,37)24-16-12-22(29)13-17-24/h6-17,20H,4-5,18-19H2,1-3H3,(H,31,35)/t20-/m0/s1. The van der Waals surface area contributed by atoms with E-state index in [0.717, 1.165) is 4.31 Å². The molecule has 3 rings (SSSR count). The summed E-state index contributed by atoms with van der Waals surface area (Å²) in [5.74, 6) is -1.22. The van der Waals surface area contributed by atoms with Gasteiger partial charge in [0.25, 0.3) is 10.0 Å². The number of sulfonamides is 1. The van der Waals surface area contributed by atoms with Gasteiger partial charge in [-0.1, -0.05) is 35.9 Å². The third kappa shape index (κ3) is 7.48. The average molecular weight is 576 g/mol. The first-order valence-corrected chi connectivity index (χ1v) is 14.2. The third-order valence-corrected chi connectivity index (χ3v) is 7.92. The van der Waals surface area contributed by atoms with Gasteiger partial charge in [-0.2, -0.15) is 0 Å². The van der Waals surface area contributed by atoms with Crippen molar-refractivity contribution in [3.05, 3.63) is 89.2 Å². The van der Waals surface area contributed by atoms with Gasteiger partial charge in [0.1, 0.15) is 24.2 Å². The number of rotatable bonds is 12. The van der Waals surface area contributed by atoms with E-state index in [9.17, 15) is 22.4 Å². The number of benzene rings is 3. The summed E-state index contributed by atoms with van der Waals surface area (Å²) in [5, 5.41) is 3.04. The molecule has 0 saturated carbocycles. The van der Waals surface area contributed by atoms with E-state index in [0.29, 0.717) is 17.1 Å². The van der Waals surface area contributed by atoms with Crippen molar-refractivity contribution < 1.29 is 27.1 Å². The van der Waals surface area contributed by atoms with Gasteiger partial charge in [0.2, 0.25) is 11.8 Å². The van der Waals surface area contributed by atoms with Crippen LogP contribution >= 0.6 is 11.6 Å². The Labute approximate surface area is 233 Å².